The molecular formula is C17H35IN4O3. The van der Waals surface area contributed by atoms with Crippen LogP contribution in [0.3, 0.4) is 0 Å². The van der Waals surface area contributed by atoms with E-state index in [0.717, 1.165) is 45.2 Å². The molecule has 1 atom stereocenters. The Hall–Kier alpha value is -0.610. The minimum absolute atomic E-state index is 0. The van der Waals surface area contributed by atoms with Crippen LogP contribution in [0.5, 0.6) is 0 Å². The van der Waals surface area contributed by atoms with Crippen molar-refractivity contribution < 1.29 is 14.3 Å². The number of aliphatic imine (C=N–C) groups is 1. The molecule has 1 unspecified atom stereocenters. The van der Waals surface area contributed by atoms with E-state index in [0.29, 0.717) is 31.5 Å². The molecule has 1 heterocycles. The van der Waals surface area contributed by atoms with Gasteiger partial charge in [0.2, 0.25) is 0 Å². The number of hydrogen-bond donors (Lipinski definition) is 2. The molecule has 7 nitrogen and oxygen atoms in total. The van der Waals surface area contributed by atoms with Gasteiger partial charge < -0.3 is 20.1 Å². The zero-order chi connectivity index (χ0) is 17.8. The van der Waals surface area contributed by atoms with Crippen molar-refractivity contribution in [2.24, 2.45) is 10.9 Å². The quantitative estimate of drug-likeness (QED) is 0.175. The highest BCUT2D eigenvalue weighted by Crippen LogP contribution is 2.12. The predicted molar refractivity (Wildman–Crippen MR) is 112 cm³/mol. The van der Waals surface area contributed by atoms with Crippen LogP contribution in [0.1, 0.15) is 33.6 Å². The first kappa shape index (κ1) is 24.4. The van der Waals surface area contributed by atoms with Gasteiger partial charge in [0.1, 0.15) is 0 Å². The zero-order valence-electron chi connectivity index (χ0n) is 16.0. The number of guanidine groups is 1. The van der Waals surface area contributed by atoms with E-state index in [1.54, 1.807) is 7.05 Å². The molecule has 0 spiro atoms. The molecule has 8 heteroatoms. The molecule has 0 aromatic rings. The van der Waals surface area contributed by atoms with Crippen molar-refractivity contribution in [1.29, 1.82) is 0 Å². The number of nitrogens with one attached hydrogen (secondary N) is 2. The fourth-order valence-electron chi connectivity index (χ4n) is 2.79. The van der Waals surface area contributed by atoms with E-state index in [1.165, 1.54) is 0 Å². The second kappa shape index (κ2) is 14.5. The fourth-order valence-corrected chi connectivity index (χ4v) is 2.79. The molecule has 2 N–H and O–H groups in total. The maximum Gasteiger partial charge on any atom is 0.305 e. The lowest BCUT2D eigenvalue weighted by Gasteiger charge is -2.37. The van der Waals surface area contributed by atoms with Gasteiger partial charge in [0.05, 0.1) is 19.8 Å². The third-order valence-electron chi connectivity index (χ3n) is 4.14. The lowest BCUT2D eigenvalue weighted by atomic mass is 10.0. The molecule has 25 heavy (non-hydrogen) atoms. The van der Waals surface area contributed by atoms with Crippen LogP contribution in [0.25, 0.3) is 0 Å². The molecule has 1 fully saturated rings. The van der Waals surface area contributed by atoms with Gasteiger partial charge in [-0.3, -0.25) is 14.7 Å². The number of hydrogen-bond acceptors (Lipinski definition) is 5. The van der Waals surface area contributed by atoms with Crippen molar-refractivity contribution in [1.82, 2.24) is 15.5 Å². The molecule has 1 aliphatic rings. The van der Waals surface area contributed by atoms with Gasteiger partial charge in [0.25, 0.3) is 0 Å². The first-order valence-corrected chi connectivity index (χ1v) is 9.00. The van der Waals surface area contributed by atoms with Crippen molar-refractivity contribution in [2.45, 2.75) is 39.7 Å². The average Bonchev–Trinajstić information content (AvgIpc) is 2.58. The molecular weight excluding hydrogens is 435 g/mol. The third kappa shape index (κ3) is 10.2. The molecule has 0 aromatic carbocycles. The lowest BCUT2D eigenvalue weighted by Crippen LogP contribution is -2.52. The number of esters is 1. The number of carbonyl (C=O) groups excluding carboxylic acids is 1. The number of rotatable bonds is 9. The first-order valence-electron chi connectivity index (χ1n) is 9.00. The second-order valence-electron chi connectivity index (χ2n) is 6.25. The van der Waals surface area contributed by atoms with Crippen molar-refractivity contribution in [3.63, 3.8) is 0 Å². The lowest BCUT2D eigenvalue weighted by molar-refractivity contribution is -0.143. The number of morpholine rings is 1. The molecule has 0 amide bonds. The molecule has 0 aromatic heterocycles. The largest absolute Gasteiger partial charge is 0.466 e. The monoisotopic (exact) mass is 470 g/mol. The Morgan fingerprint density at radius 3 is 2.52 bits per heavy atom. The maximum atomic E-state index is 11.3. The van der Waals surface area contributed by atoms with Crippen LogP contribution in [0.2, 0.25) is 0 Å². The summed E-state index contributed by atoms with van der Waals surface area (Å²) >= 11 is 0. The van der Waals surface area contributed by atoms with Gasteiger partial charge in [-0.05, 0) is 19.3 Å². The SMILES string of the molecule is CCOC(=O)CCCNC(=NC)NCC(C(C)C)N1CCOCC1.I. The Kier molecular flexibility index (Phi) is 14.2. The standard InChI is InChI=1S/C17H34N4O3.HI/c1-5-24-16(22)7-6-8-19-17(18-4)20-13-15(14(2)3)21-9-11-23-12-10-21;/h14-15H,5-13H2,1-4H3,(H2,18,19,20);1H. The van der Waals surface area contributed by atoms with Crippen molar-refractivity contribution >= 4 is 35.9 Å². The van der Waals surface area contributed by atoms with Gasteiger partial charge in [-0.15, -0.1) is 24.0 Å². The molecule has 0 bridgehead atoms. The third-order valence-corrected chi connectivity index (χ3v) is 4.14. The predicted octanol–water partition coefficient (Wildman–Crippen LogP) is 1.47. The zero-order valence-corrected chi connectivity index (χ0v) is 18.4. The highest BCUT2D eigenvalue weighted by atomic mass is 127. The van der Waals surface area contributed by atoms with Crippen LogP contribution in [0.15, 0.2) is 4.99 Å². The van der Waals surface area contributed by atoms with Gasteiger partial charge in [0, 0.05) is 45.7 Å². The van der Waals surface area contributed by atoms with Crippen LogP contribution in [-0.4, -0.2) is 75.9 Å². The van der Waals surface area contributed by atoms with Crippen LogP contribution in [0, 0.1) is 5.92 Å². The Balaban J connectivity index is 0.00000576. The molecule has 0 radical (unpaired) electrons. The van der Waals surface area contributed by atoms with E-state index in [-0.39, 0.29) is 29.9 Å². The normalized spacial score (nSPS) is 16.9. The minimum atomic E-state index is -0.144. The van der Waals surface area contributed by atoms with E-state index in [4.69, 9.17) is 9.47 Å². The second-order valence-corrected chi connectivity index (χ2v) is 6.25. The Bertz CT molecular complexity index is 388. The van der Waals surface area contributed by atoms with Gasteiger partial charge in [-0.1, -0.05) is 13.8 Å². The number of ether oxygens (including phenoxy) is 2. The maximum absolute atomic E-state index is 11.3. The summed E-state index contributed by atoms with van der Waals surface area (Å²) in [4.78, 5) is 18.0. The first-order chi connectivity index (χ1) is 11.6. The molecule has 0 saturated carbocycles. The molecule has 148 valence electrons. The van der Waals surface area contributed by atoms with E-state index in [2.05, 4.69) is 34.4 Å². The summed E-state index contributed by atoms with van der Waals surface area (Å²) in [5.74, 6) is 1.18. The topological polar surface area (TPSA) is 75.2 Å². The summed E-state index contributed by atoms with van der Waals surface area (Å²) < 4.78 is 10.4. The Labute approximate surface area is 169 Å². The fraction of sp³-hybridized carbons (Fsp3) is 0.882. The number of halogens is 1. The van der Waals surface area contributed by atoms with Crippen LogP contribution >= 0.6 is 24.0 Å². The van der Waals surface area contributed by atoms with Crippen molar-refractivity contribution in [3.8, 4) is 0 Å². The molecule has 1 rings (SSSR count). The number of nitrogens with zero attached hydrogens (tertiary/aromatic N) is 2. The smallest absolute Gasteiger partial charge is 0.305 e. The summed E-state index contributed by atoms with van der Waals surface area (Å²) in [6.07, 6.45) is 1.16. The summed E-state index contributed by atoms with van der Waals surface area (Å²) in [5, 5.41) is 6.65. The summed E-state index contributed by atoms with van der Waals surface area (Å²) in [6, 6.07) is 0.451. The van der Waals surface area contributed by atoms with Gasteiger partial charge in [-0.2, -0.15) is 0 Å². The summed E-state index contributed by atoms with van der Waals surface area (Å²) in [5.41, 5.74) is 0. The van der Waals surface area contributed by atoms with E-state index in [9.17, 15) is 4.79 Å². The van der Waals surface area contributed by atoms with E-state index < -0.39 is 0 Å². The van der Waals surface area contributed by atoms with Gasteiger partial charge >= 0.3 is 5.97 Å². The highest BCUT2D eigenvalue weighted by molar-refractivity contribution is 14.0. The van der Waals surface area contributed by atoms with E-state index >= 15 is 0 Å². The molecule has 0 aliphatic carbocycles. The summed E-state index contributed by atoms with van der Waals surface area (Å²) in [7, 11) is 1.76. The van der Waals surface area contributed by atoms with Crippen LogP contribution in [-0.2, 0) is 14.3 Å². The minimum Gasteiger partial charge on any atom is -0.466 e. The Morgan fingerprint density at radius 2 is 1.96 bits per heavy atom. The average molecular weight is 470 g/mol. The van der Waals surface area contributed by atoms with Gasteiger partial charge in [-0.25, -0.2) is 0 Å². The van der Waals surface area contributed by atoms with Crippen molar-refractivity contribution in [3.05, 3.63) is 0 Å². The number of carbonyl (C=O) groups is 1. The molecule has 1 saturated heterocycles. The highest BCUT2D eigenvalue weighted by Gasteiger charge is 2.23. The van der Waals surface area contributed by atoms with E-state index in [1.807, 2.05) is 6.92 Å². The molecule has 1 aliphatic heterocycles. The van der Waals surface area contributed by atoms with Gasteiger partial charge in [0.15, 0.2) is 5.96 Å². The summed E-state index contributed by atoms with van der Waals surface area (Å²) in [6.45, 7) is 11.9. The van der Waals surface area contributed by atoms with Crippen molar-refractivity contribution in [2.75, 3.05) is 53.0 Å². The Morgan fingerprint density at radius 1 is 1.28 bits per heavy atom. The van der Waals surface area contributed by atoms with Crippen LogP contribution < -0.4 is 10.6 Å². The van der Waals surface area contributed by atoms with Crippen LogP contribution in [0.4, 0.5) is 0 Å².